The highest BCUT2D eigenvalue weighted by molar-refractivity contribution is 7.47. The van der Waals surface area contributed by atoms with Crippen LogP contribution < -0.4 is 0 Å². The number of hydrogen-bond acceptors (Lipinski definition) is 3. The summed E-state index contributed by atoms with van der Waals surface area (Å²) < 4.78 is 33.7. The minimum absolute atomic E-state index is 0.243. The van der Waals surface area contributed by atoms with Crippen LogP contribution in [-0.4, -0.2) is 24.8 Å². The number of unbranched alkanes of at least 4 members (excludes halogenated alkanes) is 15. The number of hydrogen-bond donors (Lipinski definition) is 1. The highest BCUT2D eigenvalue weighted by Gasteiger charge is 2.19. The first kappa shape index (κ1) is 27.0. The zero-order valence-corrected chi connectivity index (χ0v) is 18.5. The predicted octanol–water partition coefficient (Wildman–Crippen LogP) is 7.74. The Morgan fingerprint density at radius 2 is 0.963 bits per heavy atom. The first-order chi connectivity index (χ1) is 13.1. The van der Waals surface area contributed by atoms with Crippen LogP contribution >= 0.6 is 7.82 Å². The first-order valence-corrected chi connectivity index (χ1v) is 12.8. The molecule has 0 aliphatic heterocycles. The zero-order chi connectivity index (χ0) is 20.1. The summed E-state index contributed by atoms with van der Waals surface area (Å²) in [6.45, 7) is 2.53. The molecule has 0 spiro atoms. The minimum Gasteiger partial charge on any atom is -0.302 e. The van der Waals surface area contributed by atoms with Gasteiger partial charge < -0.3 is 4.89 Å². The van der Waals surface area contributed by atoms with E-state index in [4.69, 9.17) is 9.05 Å². The maximum absolute atomic E-state index is 11.9. The third-order valence-corrected chi connectivity index (χ3v) is 5.80. The Morgan fingerprint density at radius 1 is 0.630 bits per heavy atom. The number of phosphoric acid groups is 1. The molecule has 1 N–H and O–H groups in total. The van der Waals surface area contributed by atoms with Gasteiger partial charge >= 0.3 is 7.82 Å². The van der Waals surface area contributed by atoms with Crippen molar-refractivity contribution in [2.75, 3.05) is 19.9 Å². The van der Waals surface area contributed by atoms with E-state index >= 15 is 0 Å². The van der Waals surface area contributed by atoms with Crippen LogP contribution in [0.4, 0.5) is 4.39 Å². The van der Waals surface area contributed by atoms with Crippen molar-refractivity contribution in [1.29, 1.82) is 0 Å². The molecule has 1 unspecified atom stereocenters. The molecule has 6 heteroatoms. The monoisotopic (exact) mass is 410 g/mol. The average molecular weight is 411 g/mol. The molecular formula is C21H44FO4P. The fourth-order valence-electron chi connectivity index (χ4n) is 3.07. The maximum Gasteiger partial charge on any atom is 0.472 e. The second kappa shape index (κ2) is 20.8. The van der Waals surface area contributed by atoms with Gasteiger partial charge in [0.05, 0.1) is 19.9 Å². The second-order valence-corrected chi connectivity index (χ2v) is 8.93. The van der Waals surface area contributed by atoms with Gasteiger partial charge in [-0.25, -0.2) is 4.57 Å². The van der Waals surface area contributed by atoms with Crippen molar-refractivity contribution in [2.24, 2.45) is 0 Å². The van der Waals surface area contributed by atoms with Crippen LogP contribution in [0.25, 0.3) is 0 Å². The lowest BCUT2D eigenvalue weighted by molar-refractivity contribution is 0.145. The summed E-state index contributed by atoms with van der Waals surface area (Å²) in [5, 5.41) is 0. The van der Waals surface area contributed by atoms with Gasteiger partial charge in [-0.1, -0.05) is 96.8 Å². The van der Waals surface area contributed by atoms with Crippen molar-refractivity contribution >= 4 is 7.82 Å². The quantitative estimate of drug-likeness (QED) is 0.146. The van der Waals surface area contributed by atoms with E-state index in [1.807, 2.05) is 0 Å². The van der Waals surface area contributed by atoms with Crippen LogP contribution in [0.1, 0.15) is 116 Å². The van der Waals surface area contributed by atoms with Crippen LogP contribution in [0.5, 0.6) is 0 Å². The highest BCUT2D eigenvalue weighted by atomic mass is 31.2. The topological polar surface area (TPSA) is 55.8 Å². The highest BCUT2D eigenvalue weighted by Crippen LogP contribution is 2.43. The first-order valence-electron chi connectivity index (χ1n) is 11.3. The van der Waals surface area contributed by atoms with E-state index < -0.39 is 7.82 Å². The molecule has 4 nitrogen and oxygen atoms in total. The fourth-order valence-corrected chi connectivity index (χ4v) is 3.86. The molecule has 0 bridgehead atoms. The van der Waals surface area contributed by atoms with Crippen LogP contribution in [0.3, 0.4) is 0 Å². The molecule has 0 aromatic rings. The zero-order valence-electron chi connectivity index (χ0n) is 17.6. The third-order valence-electron chi connectivity index (χ3n) is 4.78. The van der Waals surface area contributed by atoms with Gasteiger partial charge in [-0.2, -0.15) is 0 Å². The molecule has 0 rings (SSSR count). The molecule has 0 fully saturated rings. The van der Waals surface area contributed by atoms with Crippen LogP contribution in [-0.2, 0) is 13.6 Å². The van der Waals surface area contributed by atoms with Gasteiger partial charge in [0.25, 0.3) is 0 Å². The van der Waals surface area contributed by atoms with E-state index in [1.165, 1.54) is 51.4 Å². The van der Waals surface area contributed by atoms with E-state index in [0.29, 0.717) is 6.42 Å². The van der Waals surface area contributed by atoms with Gasteiger partial charge in [0.1, 0.15) is 0 Å². The molecule has 0 aromatic carbocycles. The van der Waals surface area contributed by atoms with Crippen LogP contribution in [0, 0.1) is 0 Å². The largest absolute Gasteiger partial charge is 0.472 e. The molecule has 0 aliphatic rings. The van der Waals surface area contributed by atoms with E-state index in [-0.39, 0.29) is 19.9 Å². The Bertz CT molecular complexity index is 342. The SMILES string of the molecule is CCCCCCCCCCCCCOP(=O)(O)OCCCCCCCCF. The number of phosphoric ester groups is 1. The third kappa shape index (κ3) is 22.2. The smallest absolute Gasteiger partial charge is 0.302 e. The molecule has 27 heavy (non-hydrogen) atoms. The average Bonchev–Trinajstić information content (AvgIpc) is 2.64. The van der Waals surface area contributed by atoms with Gasteiger partial charge in [-0.05, 0) is 19.3 Å². The van der Waals surface area contributed by atoms with E-state index in [2.05, 4.69) is 6.92 Å². The molecule has 0 aliphatic carbocycles. The number of halogens is 1. The van der Waals surface area contributed by atoms with Crippen molar-refractivity contribution < 1.29 is 22.9 Å². The molecule has 0 amide bonds. The van der Waals surface area contributed by atoms with E-state index in [1.54, 1.807) is 0 Å². The summed E-state index contributed by atoms with van der Waals surface area (Å²) in [6, 6.07) is 0. The van der Waals surface area contributed by atoms with Crippen LogP contribution in [0.2, 0.25) is 0 Å². The molecule has 0 saturated heterocycles. The Balaban J connectivity index is 3.31. The van der Waals surface area contributed by atoms with Gasteiger partial charge in [-0.3, -0.25) is 13.4 Å². The van der Waals surface area contributed by atoms with Crippen molar-refractivity contribution in [1.82, 2.24) is 0 Å². The molecule has 0 saturated carbocycles. The summed E-state index contributed by atoms with van der Waals surface area (Å²) in [6.07, 6.45) is 18.9. The fraction of sp³-hybridized carbons (Fsp3) is 1.00. The lowest BCUT2D eigenvalue weighted by atomic mass is 10.1. The summed E-state index contributed by atoms with van der Waals surface area (Å²) in [5.74, 6) is 0. The minimum atomic E-state index is -3.89. The number of alkyl halides is 1. The normalized spacial score (nSPS) is 13.7. The lowest BCUT2D eigenvalue weighted by Crippen LogP contribution is -1.99. The van der Waals surface area contributed by atoms with Crippen molar-refractivity contribution in [3.63, 3.8) is 0 Å². The standard InChI is InChI=1S/C21H44FO4P/c1-2-3-4-5-6-7-8-9-11-14-17-20-25-27(23,24)26-21-18-15-12-10-13-16-19-22/h2-21H2,1H3,(H,23,24). The Hall–Kier alpha value is 0.0400. The second-order valence-electron chi connectivity index (χ2n) is 7.48. The maximum atomic E-state index is 11.9. The summed E-state index contributed by atoms with van der Waals surface area (Å²) >= 11 is 0. The van der Waals surface area contributed by atoms with Gasteiger partial charge in [0, 0.05) is 0 Å². The lowest BCUT2D eigenvalue weighted by Gasteiger charge is -2.12. The summed E-state index contributed by atoms with van der Waals surface area (Å²) in [5.41, 5.74) is 0. The Morgan fingerprint density at radius 3 is 1.33 bits per heavy atom. The van der Waals surface area contributed by atoms with Crippen molar-refractivity contribution in [3.05, 3.63) is 0 Å². The molecule has 0 aromatic heterocycles. The summed E-state index contributed by atoms with van der Waals surface area (Å²) in [7, 11) is -3.89. The molecule has 0 radical (unpaired) electrons. The molecule has 1 atom stereocenters. The Labute approximate surface area is 167 Å². The molecular weight excluding hydrogens is 366 g/mol. The predicted molar refractivity (Wildman–Crippen MR) is 112 cm³/mol. The van der Waals surface area contributed by atoms with Crippen LogP contribution in [0.15, 0.2) is 0 Å². The van der Waals surface area contributed by atoms with Gasteiger partial charge in [0.2, 0.25) is 0 Å². The molecule has 164 valence electrons. The Kier molecular flexibility index (Phi) is 20.8. The van der Waals surface area contributed by atoms with Gasteiger partial charge in [-0.15, -0.1) is 0 Å². The number of rotatable bonds is 22. The molecule has 0 heterocycles. The van der Waals surface area contributed by atoms with Crippen molar-refractivity contribution in [3.8, 4) is 0 Å². The van der Waals surface area contributed by atoms with Gasteiger partial charge in [0.15, 0.2) is 0 Å². The summed E-state index contributed by atoms with van der Waals surface area (Å²) in [4.78, 5) is 9.62. The van der Waals surface area contributed by atoms with E-state index in [0.717, 1.165) is 51.4 Å². The van der Waals surface area contributed by atoms with Crippen molar-refractivity contribution in [2.45, 2.75) is 116 Å². The van der Waals surface area contributed by atoms with E-state index in [9.17, 15) is 13.8 Å².